The summed E-state index contributed by atoms with van der Waals surface area (Å²) in [5.41, 5.74) is 3.79. The van der Waals surface area contributed by atoms with E-state index < -0.39 is 0 Å². The van der Waals surface area contributed by atoms with Crippen LogP contribution in [0.25, 0.3) is 5.57 Å². The number of fused-ring (bicyclic) bond motifs is 1. The first-order valence-electron chi connectivity index (χ1n) is 8.14. The molecule has 0 bridgehead atoms. The summed E-state index contributed by atoms with van der Waals surface area (Å²) in [5.74, 6) is 0.0644. The van der Waals surface area contributed by atoms with E-state index >= 15 is 0 Å². The first kappa shape index (κ1) is 14.0. The number of hydrogen-bond acceptors (Lipinski definition) is 3. The highest BCUT2D eigenvalue weighted by atomic mass is 32.1. The van der Waals surface area contributed by atoms with Gasteiger partial charge in [0.1, 0.15) is 6.04 Å². The number of amides is 2. The number of carbonyl (C=O) groups excluding carboxylic acids is 2. The van der Waals surface area contributed by atoms with Crippen LogP contribution in [-0.4, -0.2) is 29.3 Å². The number of nitrogens with one attached hydrogen (secondary N) is 1. The maximum Gasteiger partial charge on any atom is 0.265 e. The zero-order valence-corrected chi connectivity index (χ0v) is 13.4. The monoisotopic (exact) mass is 316 g/mol. The topological polar surface area (TPSA) is 49.4 Å². The minimum atomic E-state index is -0.292. The number of hydrogen-bond donors (Lipinski definition) is 1. The zero-order chi connectivity index (χ0) is 15.1. The SMILES string of the molecule is O=C1NCCCCC1N1Cc2c(C3=CCCC3)csc2C1=O. The molecule has 22 heavy (non-hydrogen) atoms. The minimum Gasteiger partial charge on any atom is -0.354 e. The van der Waals surface area contributed by atoms with E-state index in [2.05, 4.69) is 16.8 Å². The molecule has 1 unspecified atom stereocenters. The molecule has 0 saturated carbocycles. The van der Waals surface area contributed by atoms with E-state index in [1.54, 1.807) is 16.2 Å². The predicted octanol–water partition coefficient (Wildman–Crippen LogP) is 2.94. The summed E-state index contributed by atoms with van der Waals surface area (Å²) < 4.78 is 0. The van der Waals surface area contributed by atoms with E-state index in [1.165, 1.54) is 17.6 Å². The van der Waals surface area contributed by atoms with Gasteiger partial charge in [-0.25, -0.2) is 0 Å². The average molecular weight is 316 g/mol. The van der Waals surface area contributed by atoms with Crippen LogP contribution in [0, 0.1) is 0 Å². The highest BCUT2D eigenvalue weighted by molar-refractivity contribution is 7.12. The summed E-state index contributed by atoms with van der Waals surface area (Å²) >= 11 is 1.54. The largest absolute Gasteiger partial charge is 0.354 e. The van der Waals surface area contributed by atoms with Crippen LogP contribution in [0.15, 0.2) is 11.5 Å². The molecule has 1 aromatic heterocycles. The molecule has 1 N–H and O–H groups in total. The van der Waals surface area contributed by atoms with Crippen molar-refractivity contribution < 1.29 is 9.59 Å². The lowest BCUT2D eigenvalue weighted by atomic mass is 10.0. The summed E-state index contributed by atoms with van der Waals surface area (Å²) in [6.45, 7) is 1.33. The Kier molecular flexibility index (Phi) is 3.53. The molecule has 0 spiro atoms. The number of carbonyl (C=O) groups is 2. The smallest absolute Gasteiger partial charge is 0.265 e. The summed E-state index contributed by atoms with van der Waals surface area (Å²) in [7, 11) is 0. The second-order valence-electron chi connectivity index (χ2n) is 6.31. The molecule has 1 saturated heterocycles. The van der Waals surface area contributed by atoms with Crippen LogP contribution >= 0.6 is 11.3 Å². The highest BCUT2D eigenvalue weighted by Crippen LogP contribution is 2.40. The Labute approximate surface area is 134 Å². The van der Waals surface area contributed by atoms with Crippen LogP contribution in [0.1, 0.15) is 59.3 Å². The van der Waals surface area contributed by atoms with Gasteiger partial charge >= 0.3 is 0 Å². The molecule has 3 aliphatic rings. The maximum absolute atomic E-state index is 12.7. The van der Waals surface area contributed by atoms with Crippen molar-refractivity contribution in [3.8, 4) is 0 Å². The van der Waals surface area contributed by atoms with Gasteiger partial charge in [0.15, 0.2) is 0 Å². The van der Waals surface area contributed by atoms with Gasteiger partial charge in [0, 0.05) is 18.7 Å². The molecule has 5 heteroatoms. The molecule has 3 heterocycles. The van der Waals surface area contributed by atoms with Gasteiger partial charge in [-0.15, -0.1) is 11.3 Å². The standard InChI is InChI=1S/C17H20N2O2S/c20-16-14(7-3-4-8-18-16)19-9-12-13(11-5-1-2-6-11)10-22-15(12)17(19)21/h5,10,14H,1-4,6-9H2,(H,18,20). The molecule has 0 radical (unpaired) electrons. The van der Waals surface area contributed by atoms with Crippen molar-refractivity contribution in [3.63, 3.8) is 0 Å². The van der Waals surface area contributed by atoms with Gasteiger partial charge in [-0.3, -0.25) is 9.59 Å². The van der Waals surface area contributed by atoms with Crippen molar-refractivity contribution in [2.24, 2.45) is 0 Å². The van der Waals surface area contributed by atoms with Gasteiger partial charge in [-0.2, -0.15) is 0 Å². The molecule has 1 aromatic rings. The first-order chi connectivity index (χ1) is 10.8. The van der Waals surface area contributed by atoms with Crippen LogP contribution in [0.2, 0.25) is 0 Å². The van der Waals surface area contributed by atoms with Crippen LogP contribution in [-0.2, 0) is 11.3 Å². The van der Waals surface area contributed by atoms with Crippen molar-refractivity contribution >= 4 is 28.7 Å². The minimum absolute atomic E-state index is 0.0163. The first-order valence-corrected chi connectivity index (χ1v) is 9.02. The Hall–Kier alpha value is -1.62. The van der Waals surface area contributed by atoms with Crippen molar-refractivity contribution in [3.05, 3.63) is 27.5 Å². The lowest BCUT2D eigenvalue weighted by molar-refractivity contribution is -0.125. The third kappa shape index (κ3) is 2.19. The number of nitrogens with zero attached hydrogens (tertiary/aromatic N) is 1. The predicted molar refractivity (Wildman–Crippen MR) is 86.7 cm³/mol. The van der Waals surface area contributed by atoms with Crippen molar-refractivity contribution in [2.75, 3.05) is 6.54 Å². The maximum atomic E-state index is 12.7. The molecule has 1 fully saturated rings. The summed E-state index contributed by atoms with van der Waals surface area (Å²) in [4.78, 5) is 27.6. The van der Waals surface area contributed by atoms with Crippen molar-refractivity contribution in [1.29, 1.82) is 0 Å². The van der Waals surface area contributed by atoms with Gasteiger partial charge in [0.05, 0.1) is 4.88 Å². The Morgan fingerprint density at radius 2 is 2.14 bits per heavy atom. The van der Waals surface area contributed by atoms with E-state index in [0.717, 1.165) is 49.1 Å². The molecular formula is C17H20N2O2S. The summed E-state index contributed by atoms with van der Waals surface area (Å²) in [5, 5.41) is 5.07. The Balaban J connectivity index is 1.62. The average Bonchev–Trinajstić information content (AvgIpc) is 3.18. The van der Waals surface area contributed by atoms with E-state index in [1.807, 2.05) is 0 Å². The molecule has 4 nitrogen and oxygen atoms in total. The number of thiophene rings is 1. The number of rotatable bonds is 2. The second kappa shape index (κ2) is 5.54. The summed E-state index contributed by atoms with van der Waals surface area (Å²) in [6, 6.07) is -0.292. The number of allylic oxidation sites excluding steroid dienone is 2. The van der Waals surface area contributed by atoms with Crippen LogP contribution < -0.4 is 5.32 Å². The van der Waals surface area contributed by atoms with E-state index in [-0.39, 0.29) is 17.9 Å². The fourth-order valence-corrected chi connectivity index (χ4v) is 4.81. The van der Waals surface area contributed by atoms with E-state index in [0.29, 0.717) is 6.54 Å². The lowest BCUT2D eigenvalue weighted by Gasteiger charge is -2.25. The van der Waals surface area contributed by atoms with E-state index in [4.69, 9.17) is 0 Å². The Morgan fingerprint density at radius 3 is 2.95 bits per heavy atom. The third-order valence-electron chi connectivity index (χ3n) is 4.95. The third-order valence-corrected chi connectivity index (χ3v) is 5.96. The van der Waals surface area contributed by atoms with Crippen molar-refractivity contribution in [1.82, 2.24) is 10.2 Å². The fraction of sp³-hybridized carbons (Fsp3) is 0.529. The molecule has 1 aliphatic carbocycles. The molecule has 4 rings (SSSR count). The van der Waals surface area contributed by atoms with Gasteiger partial charge < -0.3 is 10.2 Å². The summed E-state index contributed by atoms with van der Waals surface area (Å²) in [6.07, 6.45) is 8.55. The molecule has 0 aromatic carbocycles. The lowest BCUT2D eigenvalue weighted by Crippen LogP contribution is -2.45. The second-order valence-corrected chi connectivity index (χ2v) is 7.19. The Bertz CT molecular complexity index is 662. The van der Waals surface area contributed by atoms with Crippen LogP contribution in [0.4, 0.5) is 0 Å². The van der Waals surface area contributed by atoms with E-state index in [9.17, 15) is 9.59 Å². The van der Waals surface area contributed by atoms with Crippen LogP contribution in [0.5, 0.6) is 0 Å². The molecular weight excluding hydrogens is 296 g/mol. The molecule has 2 amide bonds. The van der Waals surface area contributed by atoms with Gasteiger partial charge in [-0.1, -0.05) is 6.08 Å². The quantitative estimate of drug-likeness (QED) is 0.912. The van der Waals surface area contributed by atoms with Crippen LogP contribution in [0.3, 0.4) is 0 Å². The molecule has 2 aliphatic heterocycles. The molecule has 116 valence electrons. The van der Waals surface area contributed by atoms with Gasteiger partial charge in [0.2, 0.25) is 5.91 Å². The molecule has 1 atom stereocenters. The fourth-order valence-electron chi connectivity index (χ4n) is 3.75. The van der Waals surface area contributed by atoms with Gasteiger partial charge in [0.25, 0.3) is 5.91 Å². The van der Waals surface area contributed by atoms with Crippen molar-refractivity contribution in [2.45, 2.75) is 51.1 Å². The normalized spacial score (nSPS) is 25.0. The highest BCUT2D eigenvalue weighted by Gasteiger charge is 2.39. The Morgan fingerprint density at radius 1 is 1.23 bits per heavy atom. The zero-order valence-electron chi connectivity index (χ0n) is 12.6. The van der Waals surface area contributed by atoms with Gasteiger partial charge in [-0.05, 0) is 55.0 Å².